The number of rotatable bonds is 36. The summed E-state index contributed by atoms with van der Waals surface area (Å²) in [4.78, 5) is 26.6. The molecule has 2 amide bonds. The van der Waals surface area contributed by atoms with Gasteiger partial charge in [0, 0.05) is 26.2 Å². The van der Waals surface area contributed by atoms with Crippen LogP contribution >= 0.6 is 0 Å². The fraction of sp³-hybridized carbons (Fsp3) is 0.725. The molecule has 7 nitrogen and oxygen atoms in total. The number of carbonyl (C=O) groups excluding carboxylic acids is 2. The second kappa shape index (κ2) is 33.9. The van der Waals surface area contributed by atoms with E-state index in [-0.39, 0.29) is 12.0 Å². The molecule has 0 aliphatic rings. The monoisotopic (exact) mass is 807 g/mol. The smallest absolute Gasteiger partial charge is 0.408 e. The maximum atomic E-state index is 13.8. The average molecular weight is 807 g/mol. The van der Waals surface area contributed by atoms with Gasteiger partial charge in [-0.3, -0.25) is 4.79 Å². The van der Waals surface area contributed by atoms with Crippen molar-refractivity contribution in [1.82, 2.24) is 10.6 Å². The number of nitrogens with one attached hydrogen (secondary N) is 2. The predicted octanol–water partition coefficient (Wildman–Crippen LogP) is 13.7. The molecule has 2 atom stereocenters. The molecule has 330 valence electrons. The quantitative estimate of drug-likeness (QED) is 0.0670. The molecule has 7 heteroatoms. The third-order valence-electron chi connectivity index (χ3n) is 10.8. The normalized spacial score (nSPS) is 12.6. The molecule has 0 aliphatic carbocycles. The third kappa shape index (κ3) is 27.7. The highest BCUT2D eigenvalue weighted by Gasteiger charge is 2.25. The lowest BCUT2D eigenvalue weighted by Gasteiger charge is -2.24. The van der Waals surface area contributed by atoms with E-state index in [2.05, 4.69) is 48.7 Å². The largest absolute Gasteiger partial charge is 0.444 e. The summed E-state index contributed by atoms with van der Waals surface area (Å²) in [7, 11) is 0. The van der Waals surface area contributed by atoms with Gasteiger partial charge in [0.25, 0.3) is 0 Å². The summed E-state index contributed by atoms with van der Waals surface area (Å²) in [6.07, 6.45) is 30.8. The van der Waals surface area contributed by atoms with Crippen LogP contribution in [0, 0.1) is 0 Å². The van der Waals surface area contributed by atoms with Gasteiger partial charge >= 0.3 is 6.09 Å². The Morgan fingerprint density at radius 1 is 0.569 bits per heavy atom. The highest BCUT2D eigenvalue weighted by Crippen LogP contribution is 2.20. The van der Waals surface area contributed by atoms with Crippen LogP contribution in [0.2, 0.25) is 0 Å². The Morgan fingerprint density at radius 2 is 1.02 bits per heavy atom. The zero-order valence-corrected chi connectivity index (χ0v) is 37.9. The summed E-state index contributed by atoms with van der Waals surface area (Å²) in [6.45, 7) is 12.1. The van der Waals surface area contributed by atoms with Gasteiger partial charge < -0.3 is 24.8 Å². The van der Waals surface area contributed by atoms with Crippen molar-refractivity contribution in [3.05, 3.63) is 60.2 Å². The minimum Gasteiger partial charge on any atom is -0.444 e. The van der Waals surface area contributed by atoms with E-state index >= 15 is 0 Å². The molecule has 0 aromatic heterocycles. The van der Waals surface area contributed by atoms with Gasteiger partial charge in [-0.25, -0.2) is 4.79 Å². The number of ether oxygens (including phenoxy) is 3. The summed E-state index contributed by atoms with van der Waals surface area (Å²) in [5, 5.41) is 5.93. The minimum absolute atomic E-state index is 0.263. The standard InChI is InChI=1S/C51H86N2O5/c1-6-8-10-12-14-16-18-20-22-24-26-31-39-56-43-47(57-40-32-27-25-23-21-19-17-15-13-11-9-7-2)42-52-49(54)48(53-50(55)58-51(3,4)5)41-44-35-37-46(38-36-44)45-33-29-28-30-34-45/h28-30,33-38,47-48H,6-27,31-32,39-43H2,1-5H3,(H,52,54)(H,53,55)/t47?,48-/m1/s1. The Bertz CT molecular complexity index is 1260. The van der Waals surface area contributed by atoms with Crippen LogP contribution < -0.4 is 10.6 Å². The van der Waals surface area contributed by atoms with Crippen molar-refractivity contribution in [2.75, 3.05) is 26.4 Å². The molecule has 0 saturated carbocycles. The number of alkyl carbamates (subject to hydrolysis) is 1. The molecule has 2 N–H and O–H groups in total. The zero-order valence-electron chi connectivity index (χ0n) is 37.9. The van der Waals surface area contributed by atoms with Crippen LogP contribution in [0.25, 0.3) is 11.1 Å². The molecule has 0 aliphatic heterocycles. The Morgan fingerprint density at radius 3 is 1.50 bits per heavy atom. The van der Waals surface area contributed by atoms with Crippen LogP contribution in [-0.2, 0) is 25.4 Å². The highest BCUT2D eigenvalue weighted by molar-refractivity contribution is 5.86. The van der Waals surface area contributed by atoms with Crippen molar-refractivity contribution in [3.8, 4) is 11.1 Å². The summed E-state index contributed by atoms with van der Waals surface area (Å²) >= 11 is 0. The van der Waals surface area contributed by atoms with Crippen LogP contribution in [0.4, 0.5) is 4.79 Å². The van der Waals surface area contributed by atoms with E-state index in [1.807, 2.05) is 51.1 Å². The zero-order chi connectivity index (χ0) is 41.9. The third-order valence-corrected chi connectivity index (χ3v) is 10.8. The molecule has 2 aromatic rings. The second-order valence-electron chi connectivity index (χ2n) is 17.6. The summed E-state index contributed by atoms with van der Waals surface area (Å²) in [5.41, 5.74) is 2.49. The summed E-state index contributed by atoms with van der Waals surface area (Å²) in [5.74, 6) is -0.266. The number of unbranched alkanes of at least 4 members (excludes halogenated alkanes) is 22. The molecule has 0 bridgehead atoms. The topological polar surface area (TPSA) is 85.9 Å². The van der Waals surface area contributed by atoms with E-state index in [4.69, 9.17) is 14.2 Å². The number of hydrogen-bond donors (Lipinski definition) is 2. The van der Waals surface area contributed by atoms with Crippen molar-refractivity contribution in [3.63, 3.8) is 0 Å². The van der Waals surface area contributed by atoms with E-state index in [0.29, 0.717) is 32.8 Å². The Balaban J connectivity index is 1.86. The van der Waals surface area contributed by atoms with E-state index in [1.165, 1.54) is 135 Å². The van der Waals surface area contributed by atoms with Crippen molar-refractivity contribution in [2.24, 2.45) is 0 Å². The Hall–Kier alpha value is -2.90. The van der Waals surface area contributed by atoms with Crippen LogP contribution in [0.5, 0.6) is 0 Å². The van der Waals surface area contributed by atoms with Crippen LogP contribution in [0.1, 0.15) is 194 Å². The van der Waals surface area contributed by atoms with Crippen molar-refractivity contribution >= 4 is 12.0 Å². The van der Waals surface area contributed by atoms with E-state index in [0.717, 1.165) is 36.0 Å². The van der Waals surface area contributed by atoms with Gasteiger partial charge in [-0.15, -0.1) is 0 Å². The number of carbonyl (C=O) groups is 2. The minimum atomic E-state index is -0.809. The second-order valence-corrected chi connectivity index (χ2v) is 17.6. The van der Waals surface area contributed by atoms with Crippen molar-refractivity contribution in [2.45, 2.75) is 213 Å². The molecule has 2 rings (SSSR count). The first kappa shape index (κ1) is 51.2. The van der Waals surface area contributed by atoms with Crippen LogP contribution in [-0.4, -0.2) is 56.1 Å². The first-order valence-corrected chi connectivity index (χ1v) is 23.8. The lowest BCUT2D eigenvalue weighted by Crippen LogP contribution is -2.51. The molecular formula is C51H86N2O5. The van der Waals surface area contributed by atoms with Crippen LogP contribution in [0.15, 0.2) is 54.6 Å². The molecule has 0 fully saturated rings. The van der Waals surface area contributed by atoms with Gasteiger partial charge in [0.2, 0.25) is 5.91 Å². The van der Waals surface area contributed by atoms with E-state index in [1.54, 1.807) is 0 Å². The first-order chi connectivity index (χ1) is 28.2. The fourth-order valence-electron chi connectivity index (χ4n) is 7.32. The molecule has 0 heterocycles. The van der Waals surface area contributed by atoms with Crippen molar-refractivity contribution in [1.29, 1.82) is 0 Å². The maximum absolute atomic E-state index is 13.8. The van der Waals surface area contributed by atoms with Gasteiger partial charge in [-0.1, -0.05) is 210 Å². The number of benzene rings is 2. The van der Waals surface area contributed by atoms with Gasteiger partial charge in [0.15, 0.2) is 0 Å². The number of amides is 2. The summed E-state index contributed by atoms with van der Waals surface area (Å²) in [6, 6.07) is 17.5. The molecular weight excluding hydrogens is 721 g/mol. The molecule has 0 saturated heterocycles. The average Bonchev–Trinajstić information content (AvgIpc) is 3.21. The molecule has 2 aromatic carbocycles. The van der Waals surface area contributed by atoms with Crippen molar-refractivity contribution < 1.29 is 23.8 Å². The first-order valence-electron chi connectivity index (χ1n) is 23.8. The Kier molecular flexibility index (Phi) is 29.9. The predicted molar refractivity (Wildman–Crippen MR) is 244 cm³/mol. The maximum Gasteiger partial charge on any atom is 0.408 e. The lowest BCUT2D eigenvalue weighted by molar-refractivity contribution is -0.124. The molecule has 0 spiro atoms. The van der Waals surface area contributed by atoms with Gasteiger partial charge in [0.1, 0.15) is 11.6 Å². The molecule has 1 unspecified atom stereocenters. The lowest BCUT2D eigenvalue weighted by atomic mass is 10.0. The van der Waals surface area contributed by atoms with E-state index < -0.39 is 17.7 Å². The van der Waals surface area contributed by atoms with Gasteiger partial charge in [0.05, 0.1) is 12.7 Å². The SMILES string of the molecule is CCCCCCCCCCCCCCOCC(CNC(=O)[C@@H](Cc1ccc(-c2ccccc2)cc1)NC(=O)OC(C)(C)C)OCCCCCCCCCCCCCC. The van der Waals surface area contributed by atoms with Crippen LogP contribution in [0.3, 0.4) is 0 Å². The molecule has 58 heavy (non-hydrogen) atoms. The highest BCUT2D eigenvalue weighted by atomic mass is 16.6. The van der Waals surface area contributed by atoms with E-state index in [9.17, 15) is 9.59 Å². The number of hydrogen-bond acceptors (Lipinski definition) is 5. The Labute approximate surface area is 355 Å². The van der Waals surface area contributed by atoms with Gasteiger partial charge in [-0.2, -0.15) is 0 Å². The van der Waals surface area contributed by atoms with Gasteiger partial charge in [-0.05, 0) is 50.3 Å². The molecule has 0 radical (unpaired) electrons. The summed E-state index contributed by atoms with van der Waals surface area (Å²) < 4.78 is 18.0. The fourth-order valence-corrected chi connectivity index (χ4v) is 7.32.